The van der Waals surface area contributed by atoms with Gasteiger partial charge in [0.1, 0.15) is 5.82 Å². The topological polar surface area (TPSA) is 53.0 Å². The Morgan fingerprint density at radius 2 is 2.29 bits per heavy atom. The molecule has 6 heteroatoms. The van der Waals surface area contributed by atoms with Crippen molar-refractivity contribution in [2.45, 2.75) is 26.3 Å². The number of guanidine groups is 1. The number of hydrogen-bond acceptors (Lipinski definition) is 4. The summed E-state index contributed by atoms with van der Waals surface area (Å²) in [6, 6.07) is 6.10. The van der Waals surface area contributed by atoms with Crippen LogP contribution in [0.2, 0.25) is 0 Å². The molecule has 1 aromatic heterocycles. The van der Waals surface area contributed by atoms with Crippen LogP contribution < -0.4 is 10.2 Å². The molecule has 0 aliphatic carbocycles. The quantitative estimate of drug-likeness (QED) is 0.673. The zero-order valence-electron chi connectivity index (χ0n) is 15.1. The second-order valence-electron chi connectivity index (χ2n) is 7.03. The summed E-state index contributed by atoms with van der Waals surface area (Å²) in [6.07, 6.45) is 2.38. The Labute approximate surface area is 144 Å². The number of anilines is 1. The lowest BCUT2D eigenvalue weighted by molar-refractivity contribution is 0.156. The van der Waals surface area contributed by atoms with E-state index < -0.39 is 0 Å². The molecule has 24 heavy (non-hydrogen) atoms. The number of hydrogen-bond donors (Lipinski definition) is 1. The number of rotatable bonds is 4. The van der Waals surface area contributed by atoms with Crippen molar-refractivity contribution < 1.29 is 4.74 Å². The predicted molar refractivity (Wildman–Crippen MR) is 97.4 cm³/mol. The molecular formula is C18H29N5O. The van der Waals surface area contributed by atoms with Crippen LogP contribution in [0.3, 0.4) is 0 Å². The maximum atomic E-state index is 5.63. The molecule has 1 unspecified atom stereocenters. The van der Waals surface area contributed by atoms with Crippen LogP contribution in [0.5, 0.6) is 0 Å². The van der Waals surface area contributed by atoms with E-state index in [1.165, 1.54) is 12.8 Å². The van der Waals surface area contributed by atoms with Crippen LogP contribution in [-0.4, -0.2) is 62.8 Å². The average Bonchev–Trinajstić information content (AvgIpc) is 3.22. The predicted octanol–water partition coefficient (Wildman–Crippen LogP) is 1.73. The Bertz CT molecular complexity index is 581. The largest absolute Gasteiger partial charge is 0.381 e. The third-order valence-corrected chi connectivity index (χ3v) is 4.90. The zero-order valence-corrected chi connectivity index (χ0v) is 15.1. The first-order chi connectivity index (χ1) is 11.6. The molecule has 1 N–H and O–H groups in total. The van der Waals surface area contributed by atoms with E-state index in [2.05, 4.69) is 22.1 Å². The lowest BCUT2D eigenvalue weighted by atomic mass is 9.87. The van der Waals surface area contributed by atoms with E-state index in [1.54, 1.807) is 0 Å². The van der Waals surface area contributed by atoms with Crippen LogP contribution in [0.25, 0.3) is 0 Å². The Morgan fingerprint density at radius 1 is 1.42 bits per heavy atom. The maximum absolute atomic E-state index is 5.63. The highest BCUT2D eigenvalue weighted by Crippen LogP contribution is 2.38. The molecule has 3 rings (SSSR count). The van der Waals surface area contributed by atoms with Crippen molar-refractivity contribution >= 4 is 11.8 Å². The molecule has 2 fully saturated rings. The van der Waals surface area contributed by atoms with Crippen LogP contribution in [-0.2, 0) is 11.3 Å². The van der Waals surface area contributed by atoms with E-state index in [1.807, 2.05) is 37.2 Å². The molecule has 0 radical (unpaired) electrons. The van der Waals surface area contributed by atoms with Crippen LogP contribution in [0.15, 0.2) is 23.2 Å². The number of likely N-dealkylation sites (tertiary alicyclic amines) is 1. The third kappa shape index (κ3) is 3.80. The Balaban J connectivity index is 1.69. The molecule has 0 bridgehead atoms. The molecule has 0 aromatic carbocycles. The first-order valence-electron chi connectivity index (χ1n) is 8.86. The minimum absolute atomic E-state index is 0.347. The van der Waals surface area contributed by atoms with Gasteiger partial charge in [0.2, 0.25) is 0 Å². The summed E-state index contributed by atoms with van der Waals surface area (Å²) in [7, 11) is 4.01. The van der Waals surface area contributed by atoms with E-state index in [0.717, 1.165) is 50.3 Å². The highest BCUT2D eigenvalue weighted by Gasteiger charge is 2.42. The van der Waals surface area contributed by atoms with Gasteiger partial charge in [0.05, 0.1) is 18.8 Å². The summed E-state index contributed by atoms with van der Waals surface area (Å²) in [4.78, 5) is 13.9. The van der Waals surface area contributed by atoms with Gasteiger partial charge in [-0.1, -0.05) is 6.07 Å². The molecule has 2 saturated heterocycles. The van der Waals surface area contributed by atoms with Crippen molar-refractivity contribution in [3.63, 3.8) is 0 Å². The fourth-order valence-corrected chi connectivity index (χ4v) is 3.47. The zero-order chi connectivity index (χ0) is 17.0. The number of pyridine rings is 1. The molecule has 2 aliphatic heterocycles. The van der Waals surface area contributed by atoms with Crippen molar-refractivity contribution in [2.24, 2.45) is 10.4 Å². The van der Waals surface area contributed by atoms with E-state index in [9.17, 15) is 0 Å². The van der Waals surface area contributed by atoms with Gasteiger partial charge in [-0.3, -0.25) is 0 Å². The van der Waals surface area contributed by atoms with Gasteiger partial charge in [-0.05, 0) is 31.9 Å². The van der Waals surface area contributed by atoms with E-state index in [4.69, 9.17) is 9.73 Å². The van der Waals surface area contributed by atoms with Crippen molar-refractivity contribution in [3.8, 4) is 0 Å². The monoisotopic (exact) mass is 331 g/mol. The standard InChI is InChI=1S/C18H29N5O/c1-4-19-17(23-10-8-18(13-23)9-11-24-14-18)20-12-15-6-5-7-16(21-15)22(2)3/h5-7H,4,8-14H2,1-3H3,(H,19,20). The minimum Gasteiger partial charge on any atom is -0.381 e. The summed E-state index contributed by atoms with van der Waals surface area (Å²) in [6.45, 7) is 7.50. The van der Waals surface area contributed by atoms with Crippen LogP contribution in [0.4, 0.5) is 5.82 Å². The minimum atomic E-state index is 0.347. The molecule has 132 valence electrons. The van der Waals surface area contributed by atoms with Crippen LogP contribution in [0.1, 0.15) is 25.5 Å². The van der Waals surface area contributed by atoms with Gasteiger partial charge in [-0.25, -0.2) is 9.98 Å². The number of aromatic nitrogens is 1. The molecular weight excluding hydrogens is 302 g/mol. The normalized spacial score (nSPS) is 24.0. The Hall–Kier alpha value is -1.82. The fourth-order valence-electron chi connectivity index (χ4n) is 3.47. The van der Waals surface area contributed by atoms with Crippen LogP contribution in [0, 0.1) is 5.41 Å². The van der Waals surface area contributed by atoms with Crippen molar-refractivity contribution in [3.05, 3.63) is 23.9 Å². The van der Waals surface area contributed by atoms with Gasteiger partial charge in [0.15, 0.2) is 5.96 Å². The number of nitrogens with zero attached hydrogens (tertiary/aromatic N) is 4. The molecule has 3 heterocycles. The highest BCUT2D eigenvalue weighted by molar-refractivity contribution is 5.80. The van der Waals surface area contributed by atoms with Gasteiger partial charge in [-0.15, -0.1) is 0 Å². The fraction of sp³-hybridized carbons (Fsp3) is 0.667. The van der Waals surface area contributed by atoms with Crippen molar-refractivity contribution in [1.82, 2.24) is 15.2 Å². The summed E-state index contributed by atoms with van der Waals surface area (Å²) >= 11 is 0. The van der Waals surface area contributed by atoms with Gasteiger partial charge in [-0.2, -0.15) is 0 Å². The summed E-state index contributed by atoms with van der Waals surface area (Å²) in [5, 5.41) is 3.44. The maximum Gasteiger partial charge on any atom is 0.194 e. The van der Waals surface area contributed by atoms with Crippen LogP contribution >= 0.6 is 0 Å². The Kier molecular flexibility index (Phi) is 5.23. The van der Waals surface area contributed by atoms with E-state index >= 15 is 0 Å². The molecule has 6 nitrogen and oxygen atoms in total. The third-order valence-electron chi connectivity index (χ3n) is 4.90. The summed E-state index contributed by atoms with van der Waals surface area (Å²) in [5.41, 5.74) is 1.34. The smallest absolute Gasteiger partial charge is 0.194 e. The van der Waals surface area contributed by atoms with Gasteiger partial charge >= 0.3 is 0 Å². The van der Waals surface area contributed by atoms with E-state index in [0.29, 0.717) is 12.0 Å². The Morgan fingerprint density at radius 3 is 3.00 bits per heavy atom. The first kappa shape index (κ1) is 17.0. The number of aliphatic imine (C=N–C) groups is 1. The van der Waals surface area contributed by atoms with Gasteiger partial charge in [0, 0.05) is 45.8 Å². The number of ether oxygens (including phenoxy) is 1. The summed E-state index contributed by atoms with van der Waals surface area (Å²) < 4.78 is 5.63. The van der Waals surface area contributed by atoms with Gasteiger partial charge < -0.3 is 19.9 Å². The summed E-state index contributed by atoms with van der Waals surface area (Å²) in [5.74, 6) is 1.97. The molecule has 2 aliphatic rings. The van der Waals surface area contributed by atoms with Crippen molar-refractivity contribution in [1.29, 1.82) is 0 Å². The van der Waals surface area contributed by atoms with E-state index in [-0.39, 0.29) is 0 Å². The lowest BCUT2D eigenvalue weighted by Crippen LogP contribution is -2.41. The highest BCUT2D eigenvalue weighted by atomic mass is 16.5. The first-order valence-corrected chi connectivity index (χ1v) is 8.86. The van der Waals surface area contributed by atoms with Gasteiger partial charge in [0.25, 0.3) is 0 Å². The SMILES string of the molecule is CCNC(=NCc1cccc(N(C)C)n1)N1CCC2(CCOC2)C1. The average molecular weight is 331 g/mol. The second kappa shape index (κ2) is 7.38. The second-order valence-corrected chi connectivity index (χ2v) is 7.03. The van der Waals surface area contributed by atoms with Crippen molar-refractivity contribution in [2.75, 3.05) is 51.8 Å². The molecule has 1 atom stereocenters. The molecule has 0 amide bonds. The molecule has 0 saturated carbocycles. The molecule has 1 spiro atoms. The number of nitrogens with one attached hydrogen (secondary N) is 1. The molecule has 1 aromatic rings. The lowest BCUT2D eigenvalue weighted by Gasteiger charge is -2.25.